The Morgan fingerprint density at radius 1 is 1.07 bits per heavy atom. The lowest BCUT2D eigenvalue weighted by atomic mass is 10.2. The second-order valence-electron chi connectivity index (χ2n) is 6.68. The molecule has 0 radical (unpaired) electrons. The van der Waals surface area contributed by atoms with Gasteiger partial charge in [0.25, 0.3) is 0 Å². The van der Waals surface area contributed by atoms with Gasteiger partial charge in [-0.25, -0.2) is 9.98 Å². The van der Waals surface area contributed by atoms with Gasteiger partial charge in [0.15, 0.2) is 5.96 Å². The van der Waals surface area contributed by atoms with Crippen molar-refractivity contribution in [2.75, 3.05) is 20.2 Å². The maximum Gasteiger partial charge on any atom is 0.191 e. The average molecular weight is 519 g/mol. The summed E-state index contributed by atoms with van der Waals surface area (Å²) in [6.07, 6.45) is 4.72. The number of aliphatic imine (C=N–C) groups is 1. The molecule has 2 aromatic carbocycles. The number of ether oxygens (including phenoxy) is 1. The molecule has 160 valence electrons. The predicted molar refractivity (Wildman–Crippen MR) is 133 cm³/mol. The van der Waals surface area contributed by atoms with Gasteiger partial charge in [-0.15, -0.1) is 24.0 Å². The number of hydrogen-bond acceptors (Lipinski definition) is 3. The third-order valence-corrected chi connectivity index (χ3v) is 4.54. The van der Waals surface area contributed by atoms with Gasteiger partial charge in [0.05, 0.1) is 13.7 Å². The highest BCUT2D eigenvalue weighted by Gasteiger charge is 2.05. The Hall–Kier alpha value is -2.55. The summed E-state index contributed by atoms with van der Waals surface area (Å²) >= 11 is 0. The van der Waals surface area contributed by atoms with E-state index >= 15 is 0 Å². The second-order valence-corrected chi connectivity index (χ2v) is 6.68. The van der Waals surface area contributed by atoms with Crippen molar-refractivity contribution in [3.63, 3.8) is 0 Å². The van der Waals surface area contributed by atoms with E-state index in [4.69, 9.17) is 4.74 Å². The van der Waals surface area contributed by atoms with E-state index in [1.54, 1.807) is 7.11 Å². The van der Waals surface area contributed by atoms with Gasteiger partial charge in [0.2, 0.25) is 0 Å². The molecule has 0 atom stereocenters. The van der Waals surface area contributed by atoms with E-state index in [2.05, 4.69) is 62.4 Å². The number of methoxy groups -OCH3 is 1. The van der Waals surface area contributed by atoms with Crippen molar-refractivity contribution in [3.8, 4) is 5.75 Å². The minimum absolute atomic E-state index is 0. The van der Waals surface area contributed by atoms with Crippen LogP contribution in [0, 0.1) is 0 Å². The molecule has 3 rings (SSSR count). The highest BCUT2D eigenvalue weighted by atomic mass is 127. The minimum atomic E-state index is 0. The number of benzene rings is 2. The summed E-state index contributed by atoms with van der Waals surface area (Å²) in [5.74, 6) is 2.71. The summed E-state index contributed by atoms with van der Waals surface area (Å²) in [5.41, 5.74) is 2.38. The molecule has 6 nitrogen and oxygen atoms in total. The molecule has 0 aliphatic rings. The Bertz CT molecular complexity index is 911. The Morgan fingerprint density at radius 3 is 2.63 bits per heavy atom. The maximum absolute atomic E-state index is 5.28. The summed E-state index contributed by atoms with van der Waals surface area (Å²) in [6, 6.07) is 18.4. The van der Waals surface area contributed by atoms with E-state index in [9.17, 15) is 0 Å². The summed E-state index contributed by atoms with van der Waals surface area (Å²) < 4.78 is 7.47. The lowest BCUT2D eigenvalue weighted by Gasteiger charge is -2.12. The molecule has 1 heterocycles. The maximum atomic E-state index is 5.28. The lowest BCUT2D eigenvalue weighted by molar-refractivity contribution is 0.414. The number of nitrogens with one attached hydrogen (secondary N) is 2. The summed E-state index contributed by atoms with van der Waals surface area (Å²) in [6.45, 7) is 5.06. The van der Waals surface area contributed by atoms with E-state index in [1.807, 2.05) is 36.7 Å². The number of imidazole rings is 1. The highest BCUT2D eigenvalue weighted by molar-refractivity contribution is 14.0. The van der Waals surface area contributed by atoms with E-state index < -0.39 is 0 Å². The van der Waals surface area contributed by atoms with Gasteiger partial charge in [0.1, 0.15) is 11.6 Å². The minimum Gasteiger partial charge on any atom is -0.497 e. The monoisotopic (exact) mass is 519 g/mol. The number of guanidine groups is 1. The molecule has 0 aliphatic carbocycles. The number of hydrogen-bond donors (Lipinski definition) is 2. The highest BCUT2D eigenvalue weighted by Crippen LogP contribution is 2.13. The van der Waals surface area contributed by atoms with Crippen LogP contribution in [-0.4, -0.2) is 35.7 Å². The molecule has 0 saturated carbocycles. The summed E-state index contributed by atoms with van der Waals surface area (Å²) in [7, 11) is 1.68. The second kappa shape index (κ2) is 12.9. The van der Waals surface area contributed by atoms with Gasteiger partial charge < -0.3 is 19.9 Å². The third-order valence-electron chi connectivity index (χ3n) is 4.54. The fraction of sp³-hybridized carbons (Fsp3) is 0.304. The SMILES string of the molecule is CCNC(=NCc1cccc(OC)c1)NCCc1nccn1Cc1ccccc1.I. The van der Waals surface area contributed by atoms with Gasteiger partial charge in [-0.2, -0.15) is 0 Å². The van der Waals surface area contributed by atoms with E-state index in [-0.39, 0.29) is 24.0 Å². The van der Waals surface area contributed by atoms with Crippen molar-refractivity contribution >= 4 is 29.9 Å². The fourth-order valence-corrected chi connectivity index (χ4v) is 3.07. The molecule has 0 fully saturated rings. The first-order chi connectivity index (χ1) is 14.3. The zero-order chi connectivity index (χ0) is 20.3. The zero-order valence-electron chi connectivity index (χ0n) is 17.5. The number of nitrogens with zero attached hydrogens (tertiary/aromatic N) is 3. The fourth-order valence-electron chi connectivity index (χ4n) is 3.07. The van der Waals surface area contributed by atoms with Crippen molar-refractivity contribution in [3.05, 3.63) is 83.9 Å². The van der Waals surface area contributed by atoms with Crippen molar-refractivity contribution in [2.45, 2.75) is 26.4 Å². The van der Waals surface area contributed by atoms with E-state index in [0.29, 0.717) is 6.54 Å². The van der Waals surface area contributed by atoms with Crippen LogP contribution in [-0.2, 0) is 19.5 Å². The van der Waals surface area contributed by atoms with Crippen molar-refractivity contribution in [1.82, 2.24) is 20.2 Å². The quantitative estimate of drug-likeness (QED) is 0.256. The van der Waals surface area contributed by atoms with Crippen LogP contribution in [0.5, 0.6) is 5.75 Å². The van der Waals surface area contributed by atoms with Crippen LogP contribution in [0.3, 0.4) is 0 Å². The molecule has 1 aromatic heterocycles. The zero-order valence-corrected chi connectivity index (χ0v) is 19.9. The molecule has 0 bridgehead atoms. The van der Waals surface area contributed by atoms with Crippen LogP contribution in [0.25, 0.3) is 0 Å². The first kappa shape index (κ1) is 23.7. The van der Waals surface area contributed by atoms with E-state index in [1.165, 1.54) is 5.56 Å². The molecule has 0 saturated heterocycles. The predicted octanol–water partition coefficient (Wildman–Crippen LogP) is 3.86. The Morgan fingerprint density at radius 2 is 1.87 bits per heavy atom. The molecule has 0 spiro atoms. The molecule has 3 aromatic rings. The summed E-state index contributed by atoms with van der Waals surface area (Å²) in [4.78, 5) is 9.20. The molecule has 30 heavy (non-hydrogen) atoms. The summed E-state index contributed by atoms with van der Waals surface area (Å²) in [5, 5.41) is 6.70. The van der Waals surface area contributed by atoms with E-state index in [0.717, 1.165) is 49.2 Å². The van der Waals surface area contributed by atoms with Crippen LogP contribution >= 0.6 is 24.0 Å². The standard InChI is InChI=1S/C23H29N5O.HI/c1-3-24-23(27-17-20-10-7-11-21(16-20)29-2)26-13-12-22-25-14-15-28(22)18-19-8-5-4-6-9-19;/h4-11,14-16H,3,12-13,17-18H2,1-2H3,(H2,24,26,27);1H. The topological polar surface area (TPSA) is 63.5 Å². The molecule has 0 amide bonds. The lowest BCUT2D eigenvalue weighted by Crippen LogP contribution is -2.38. The smallest absolute Gasteiger partial charge is 0.191 e. The largest absolute Gasteiger partial charge is 0.497 e. The number of rotatable bonds is 9. The Balaban J connectivity index is 0.00000320. The van der Waals surface area contributed by atoms with Crippen LogP contribution in [0.2, 0.25) is 0 Å². The normalized spacial score (nSPS) is 10.9. The van der Waals surface area contributed by atoms with Gasteiger partial charge >= 0.3 is 0 Å². The first-order valence-corrected chi connectivity index (χ1v) is 9.97. The van der Waals surface area contributed by atoms with Crippen molar-refractivity contribution in [2.24, 2.45) is 4.99 Å². The van der Waals surface area contributed by atoms with Gasteiger partial charge in [-0.3, -0.25) is 0 Å². The van der Waals surface area contributed by atoms with Crippen molar-refractivity contribution < 1.29 is 4.74 Å². The molecular formula is C23H30IN5O. The first-order valence-electron chi connectivity index (χ1n) is 9.97. The number of halogens is 1. The Kier molecular flexibility index (Phi) is 10.2. The van der Waals surface area contributed by atoms with Crippen molar-refractivity contribution in [1.29, 1.82) is 0 Å². The van der Waals surface area contributed by atoms with Gasteiger partial charge in [0, 0.05) is 38.4 Å². The number of aromatic nitrogens is 2. The van der Waals surface area contributed by atoms with Crippen LogP contribution < -0.4 is 15.4 Å². The Labute approximate surface area is 195 Å². The van der Waals surface area contributed by atoms with Gasteiger partial charge in [-0.05, 0) is 30.2 Å². The third kappa shape index (κ3) is 7.37. The van der Waals surface area contributed by atoms with Crippen LogP contribution in [0.1, 0.15) is 23.9 Å². The molecule has 0 unspecified atom stereocenters. The molecule has 0 aliphatic heterocycles. The van der Waals surface area contributed by atoms with Gasteiger partial charge in [-0.1, -0.05) is 42.5 Å². The molecule has 2 N–H and O–H groups in total. The van der Waals surface area contributed by atoms with Crippen LogP contribution in [0.4, 0.5) is 0 Å². The average Bonchev–Trinajstić information content (AvgIpc) is 3.19. The molecular weight excluding hydrogens is 489 g/mol. The van der Waals surface area contributed by atoms with Crippen LogP contribution in [0.15, 0.2) is 72.0 Å². The molecule has 7 heteroatoms.